The Labute approximate surface area is 121 Å². The number of hydrogen-bond donors (Lipinski definition) is 0. The molecule has 1 aromatic carbocycles. The Bertz CT molecular complexity index is 411. The number of alkyl halides is 1. The zero-order valence-corrected chi connectivity index (χ0v) is 12.7. The summed E-state index contributed by atoms with van der Waals surface area (Å²) in [5, 5.41) is 0.0116. The second-order valence-corrected chi connectivity index (χ2v) is 6.00. The van der Waals surface area contributed by atoms with E-state index < -0.39 is 0 Å². The molecule has 3 heteroatoms. The van der Waals surface area contributed by atoms with Gasteiger partial charge in [-0.05, 0) is 42.9 Å². The van der Waals surface area contributed by atoms with Crippen molar-refractivity contribution in [2.45, 2.75) is 38.0 Å². The highest BCUT2D eigenvalue weighted by Crippen LogP contribution is 2.44. The molecule has 106 valence electrons. The Morgan fingerprint density at radius 2 is 1.79 bits per heavy atom. The van der Waals surface area contributed by atoms with Gasteiger partial charge in [0.1, 0.15) is 11.5 Å². The molecular weight excluding hydrogens is 260 g/mol. The second kappa shape index (κ2) is 6.51. The summed E-state index contributed by atoms with van der Waals surface area (Å²) in [7, 11) is 3.37. The van der Waals surface area contributed by atoms with Crippen LogP contribution in [-0.4, -0.2) is 14.2 Å². The maximum Gasteiger partial charge on any atom is 0.123 e. The van der Waals surface area contributed by atoms with Crippen LogP contribution in [0.1, 0.15) is 43.5 Å². The molecule has 1 aliphatic carbocycles. The van der Waals surface area contributed by atoms with Crippen LogP contribution in [0.4, 0.5) is 0 Å². The largest absolute Gasteiger partial charge is 0.497 e. The van der Waals surface area contributed by atoms with Crippen LogP contribution in [0, 0.1) is 11.8 Å². The van der Waals surface area contributed by atoms with E-state index in [0.717, 1.165) is 23.0 Å². The molecule has 19 heavy (non-hydrogen) atoms. The third-order valence-electron chi connectivity index (χ3n) is 4.21. The summed E-state index contributed by atoms with van der Waals surface area (Å²) in [6.45, 7) is 2.32. The van der Waals surface area contributed by atoms with Gasteiger partial charge in [0.25, 0.3) is 0 Å². The van der Waals surface area contributed by atoms with E-state index in [1.165, 1.54) is 25.7 Å². The van der Waals surface area contributed by atoms with E-state index in [9.17, 15) is 0 Å². The summed E-state index contributed by atoms with van der Waals surface area (Å²) < 4.78 is 10.7. The van der Waals surface area contributed by atoms with Crippen molar-refractivity contribution in [1.29, 1.82) is 0 Å². The lowest BCUT2D eigenvalue weighted by Gasteiger charge is -2.30. The Hall–Kier alpha value is -0.890. The third-order valence-corrected chi connectivity index (χ3v) is 4.80. The molecule has 1 saturated carbocycles. The fraction of sp³-hybridized carbons (Fsp3) is 0.625. The van der Waals surface area contributed by atoms with Crippen LogP contribution in [-0.2, 0) is 0 Å². The number of halogens is 1. The third kappa shape index (κ3) is 3.36. The molecule has 0 radical (unpaired) electrons. The second-order valence-electron chi connectivity index (χ2n) is 5.53. The highest BCUT2D eigenvalue weighted by Gasteiger charge is 2.27. The molecule has 2 rings (SSSR count). The summed E-state index contributed by atoms with van der Waals surface area (Å²) in [5.74, 6) is 3.08. The van der Waals surface area contributed by atoms with Crippen LogP contribution >= 0.6 is 11.6 Å². The summed E-state index contributed by atoms with van der Waals surface area (Å²) in [5.41, 5.74) is 1.06. The van der Waals surface area contributed by atoms with Crippen molar-refractivity contribution < 1.29 is 9.47 Å². The van der Waals surface area contributed by atoms with Crippen molar-refractivity contribution in [3.05, 3.63) is 23.8 Å². The first-order valence-electron chi connectivity index (χ1n) is 7.01. The highest BCUT2D eigenvalue weighted by molar-refractivity contribution is 6.21. The minimum absolute atomic E-state index is 0.0116. The summed E-state index contributed by atoms with van der Waals surface area (Å²) >= 11 is 6.71. The molecule has 1 aliphatic rings. The fourth-order valence-electron chi connectivity index (χ4n) is 2.89. The van der Waals surface area contributed by atoms with Crippen LogP contribution in [0.5, 0.6) is 11.5 Å². The predicted molar refractivity (Wildman–Crippen MR) is 79.3 cm³/mol. The van der Waals surface area contributed by atoms with Crippen LogP contribution in [0.25, 0.3) is 0 Å². The Morgan fingerprint density at radius 1 is 1.11 bits per heavy atom. The summed E-state index contributed by atoms with van der Waals surface area (Å²) in [4.78, 5) is 0. The van der Waals surface area contributed by atoms with Crippen molar-refractivity contribution in [2.24, 2.45) is 11.8 Å². The van der Waals surface area contributed by atoms with Crippen LogP contribution in [0.2, 0.25) is 0 Å². The lowest BCUT2D eigenvalue weighted by atomic mass is 9.79. The van der Waals surface area contributed by atoms with Crippen molar-refractivity contribution in [3.63, 3.8) is 0 Å². The molecule has 0 amide bonds. The maximum atomic E-state index is 6.71. The van der Waals surface area contributed by atoms with Gasteiger partial charge < -0.3 is 9.47 Å². The number of ether oxygens (including phenoxy) is 2. The summed E-state index contributed by atoms with van der Waals surface area (Å²) in [6, 6.07) is 5.86. The van der Waals surface area contributed by atoms with Gasteiger partial charge in [0.05, 0.1) is 19.6 Å². The van der Waals surface area contributed by atoms with E-state index in [4.69, 9.17) is 21.1 Å². The van der Waals surface area contributed by atoms with Crippen LogP contribution in [0.15, 0.2) is 18.2 Å². The van der Waals surface area contributed by atoms with E-state index >= 15 is 0 Å². The zero-order valence-electron chi connectivity index (χ0n) is 12.0. The van der Waals surface area contributed by atoms with E-state index in [1.807, 2.05) is 18.2 Å². The van der Waals surface area contributed by atoms with Gasteiger partial charge in [0.15, 0.2) is 0 Å². The normalized spacial score (nSPS) is 24.8. The Morgan fingerprint density at radius 3 is 2.37 bits per heavy atom. The lowest BCUT2D eigenvalue weighted by molar-refractivity contribution is 0.280. The van der Waals surface area contributed by atoms with Crippen LogP contribution < -0.4 is 9.47 Å². The number of benzene rings is 1. The fourth-order valence-corrected chi connectivity index (χ4v) is 3.31. The van der Waals surface area contributed by atoms with Gasteiger partial charge in [-0.25, -0.2) is 0 Å². The van der Waals surface area contributed by atoms with E-state index in [2.05, 4.69) is 6.92 Å². The number of methoxy groups -OCH3 is 2. The van der Waals surface area contributed by atoms with E-state index in [1.54, 1.807) is 14.2 Å². The Balaban J connectivity index is 2.19. The first kappa shape index (κ1) is 14.5. The molecule has 1 unspecified atom stereocenters. The molecule has 0 N–H and O–H groups in total. The van der Waals surface area contributed by atoms with Gasteiger partial charge in [0.2, 0.25) is 0 Å². The van der Waals surface area contributed by atoms with Crippen molar-refractivity contribution in [1.82, 2.24) is 0 Å². The topological polar surface area (TPSA) is 18.5 Å². The zero-order chi connectivity index (χ0) is 13.8. The quantitative estimate of drug-likeness (QED) is 0.738. The smallest absolute Gasteiger partial charge is 0.123 e. The van der Waals surface area contributed by atoms with Gasteiger partial charge in [-0.15, -0.1) is 11.6 Å². The van der Waals surface area contributed by atoms with Crippen LogP contribution in [0.3, 0.4) is 0 Å². The SMILES string of the molecule is COc1ccc(OC)c(C(Cl)C2CCC(C)CC2)c1. The average Bonchev–Trinajstić information content (AvgIpc) is 2.46. The van der Waals surface area contributed by atoms with Gasteiger partial charge in [0, 0.05) is 5.56 Å². The molecule has 0 saturated heterocycles. The van der Waals surface area contributed by atoms with Crippen molar-refractivity contribution >= 4 is 11.6 Å². The molecular formula is C16H23ClO2. The monoisotopic (exact) mass is 282 g/mol. The molecule has 1 aromatic rings. The molecule has 0 heterocycles. The predicted octanol–water partition coefficient (Wildman–Crippen LogP) is 4.81. The molecule has 1 atom stereocenters. The van der Waals surface area contributed by atoms with Gasteiger partial charge in [-0.1, -0.05) is 19.8 Å². The summed E-state index contributed by atoms with van der Waals surface area (Å²) in [6.07, 6.45) is 4.96. The van der Waals surface area contributed by atoms with Gasteiger partial charge >= 0.3 is 0 Å². The Kier molecular flexibility index (Phi) is 4.98. The van der Waals surface area contributed by atoms with Gasteiger partial charge in [-0.3, -0.25) is 0 Å². The lowest BCUT2D eigenvalue weighted by Crippen LogP contribution is -2.17. The van der Waals surface area contributed by atoms with Gasteiger partial charge in [-0.2, -0.15) is 0 Å². The van der Waals surface area contributed by atoms with E-state index in [0.29, 0.717) is 5.92 Å². The van der Waals surface area contributed by atoms with E-state index in [-0.39, 0.29) is 5.38 Å². The first-order chi connectivity index (χ1) is 9.15. The molecule has 0 spiro atoms. The molecule has 0 aliphatic heterocycles. The molecule has 0 bridgehead atoms. The average molecular weight is 283 g/mol. The minimum Gasteiger partial charge on any atom is -0.497 e. The molecule has 2 nitrogen and oxygen atoms in total. The van der Waals surface area contributed by atoms with Crippen molar-refractivity contribution in [2.75, 3.05) is 14.2 Å². The maximum absolute atomic E-state index is 6.71. The standard InChI is InChI=1S/C16H23ClO2/c1-11-4-6-12(7-5-11)16(17)14-10-13(18-2)8-9-15(14)19-3/h8-12,16H,4-7H2,1-3H3. The molecule has 0 aromatic heterocycles. The molecule has 1 fully saturated rings. The minimum atomic E-state index is 0.0116. The first-order valence-corrected chi connectivity index (χ1v) is 7.45. The highest BCUT2D eigenvalue weighted by atomic mass is 35.5. The van der Waals surface area contributed by atoms with Crippen molar-refractivity contribution in [3.8, 4) is 11.5 Å². The number of rotatable bonds is 4. The number of hydrogen-bond acceptors (Lipinski definition) is 2.